The van der Waals surface area contributed by atoms with Crippen LogP contribution in [0.1, 0.15) is 11.3 Å². The molecule has 0 aliphatic carbocycles. The van der Waals surface area contributed by atoms with E-state index in [1.807, 2.05) is 30.3 Å². The van der Waals surface area contributed by atoms with Crippen LogP contribution in [0.3, 0.4) is 0 Å². The molecule has 0 aliphatic rings. The normalized spacial score (nSPS) is 11.0. The van der Waals surface area contributed by atoms with E-state index in [-0.39, 0.29) is 0 Å². The molecule has 2 heterocycles. The minimum absolute atomic E-state index is 0.628. The summed E-state index contributed by atoms with van der Waals surface area (Å²) in [4.78, 5) is 4.79. The van der Waals surface area contributed by atoms with Crippen molar-refractivity contribution in [2.45, 2.75) is 24.4 Å². The van der Waals surface area contributed by atoms with Gasteiger partial charge in [-0.15, -0.1) is 28.1 Å². The van der Waals surface area contributed by atoms with Gasteiger partial charge in [-0.1, -0.05) is 65.3 Å². The Kier molecular flexibility index (Phi) is 6.13. The van der Waals surface area contributed by atoms with Crippen molar-refractivity contribution in [3.05, 3.63) is 82.8 Å². The van der Waals surface area contributed by atoms with Crippen molar-refractivity contribution in [3.63, 3.8) is 0 Å². The number of halogens is 1. The maximum Gasteiger partial charge on any atom is 0.192 e. The predicted octanol–water partition coefficient (Wildman–Crippen LogP) is 6.51. The largest absolute Gasteiger partial charge is 0.298 e. The lowest BCUT2D eigenvalue weighted by molar-refractivity contribution is 0.731. The summed E-state index contributed by atoms with van der Waals surface area (Å²) >= 11 is 9.44. The lowest BCUT2D eigenvalue weighted by atomic mass is 10.1. The Morgan fingerprint density at radius 2 is 1.97 bits per heavy atom. The molecule has 0 saturated heterocycles. The highest BCUT2D eigenvalue weighted by molar-refractivity contribution is 7.98. The van der Waals surface area contributed by atoms with Crippen molar-refractivity contribution < 1.29 is 0 Å². The van der Waals surface area contributed by atoms with E-state index in [0.29, 0.717) is 11.6 Å². The van der Waals surface area contributed by atoms with Crippen molar-refractivity contribution in [2.24, 2.45) is 0 Å². The van der Waals surface area contributed by atoms with Crippen LogP contribution in [0.25, 0.3) is 22.0 Å². The number of thiazole rings is 1. The molecule has 4 nitrogen and oxygen atoms in total. The van der Waals surface area contributed by atoms with Crippen molar-refractivity contribution in [3.8, 4) is 22.0 Å². The molecule has 2 aromatic carbocycles. The second kappa shape index (κ2) is 8.95. The topological polar surface area (TPSA) is 43.6 Å². The fourth-order valence-corrected chi connectivity index (χ4v) is 4.91. The Bertz CT molecular complexity index is 1150. The Labute approximate surface area is 183 Å². The van der Waals surface area contributed by atoms with Crippen molar-refractivity contribution in [1.29, 1.82) is 0 Å². The first-order valence-corrected chi connectivity index (χ1v) is 11.3. The molecule has 0 radical (unpaired) electrons. The zero-order chi connectivity index (χ0) is 20.2. The van der Waals surface area contributed by atoms with Crippen LogP contribution in [0.4, 0.5) is 0 Å². The summed E-state index contributed by atoms with van der Waals surface area (Å²) < 4.78 is 2.05. The van der Waals surface area contributed by atoms with Crippen molar-refractivity contribution in [1.82, 2.24) is 19.7 Å². The van der Waals surface area contributed by atoms with E-state index in [0.717, 1.165) is 38.6 Å². The predicted molar refractivity (Wildman–Crippen MR) is 123 cm³/mol. The van der Waals surface area contributed by atoms with Gasteiger partial charge in [0.05, 0.1) is 5.69 Å². The molecule has 0 amide bonds. The Hall–Kier alpha value is -2.41. The van der Waals surface area contributed by atoms with E-state index >= 15 is 0 Å². The number of hydrogen-bond donors (Lipinski definition) is 0. The first kappa shape index (κ1) is 19.9. The Morgan fingerprint density at radius 3 is 2.76 bits per heavy atom. The average Bonchev–Trinajstić information content (AvgIpc) is 3.34. The van der Waals surface area contributed by atoms with Crippen LogP contribution in [0.15, 0.2) is 71.7 Å². The molecule has 0 fully saturated rings. The summed E-state index contributed by atoms with van der Waals surface area (Å²) in [7, 11) is 0. The van der Waals surface area contributed by atoms with Crippen LogP contribution in [-0.2, 0) is 12.3 Å². The highest BCUT2D eigenvalue weighted by Crippen LogP contribution is 2.30. The molecule has 0 spiro atoms. The SMILES string of the molecule is C=CCn1c(SCc2csc(-c3cccc(C)c3)n2)nnc1-c1cccc(Cl)c1. The number of thioether (sulfide) groups is 1. The maximum absolute atomic E-state index is 6.14. The number of allylic oxidation sites excluding steroid dienone is 1. The Balaban J connectivity index is 1.54. The molecule has 0 unspecified atom stereocenters. The van der Waals surface area contributed by atoms with Gasteiger partial charge in [-0.25, -0.2) is 4.98 Å². The third kappa shape index (κ3) is 4.61. The van der Waals surface area contributed by atoms with Crippen LogP contribution in [0, 0.1) is 6.92 Å². The smallest absolute Gasteiger partial charge is 0.192 e. The summed E-state index contributed by atoms with van der Waals surface area (Å²) in [6.45, 7) is 6.59. The molecule has 0 N–H and O–H groups in total. The third-order valence-electron chi connectivity index (χ3n) is 4.28. The van der Waals surface area contributed by atoms with Crippen LogP contribution in [0.2, 0.25) is 5.02 Å². The standard InChI is InChI=1S/C22H19ClN4S2/c1-3-10-27-20(16-7-5-9-18(23)12-16)25-26-22(27)29-14-19-13-28-21(24-19)17-8-4-6-15(2)11-17/h3-9,11-13H,1,10,14H2,2H3. The highest BCUT2D eigenvalue weighted by Gasteiger charge is 2.15. The van der Waals surface area contributed by atoms with Crippen LogP contribution >= 0.6 is 34.7 Å². The molecule has 0 saturated carbocycles. The van der Waals surface area contributed by atoms with Gasteiger partial charge in [-0.3, -0.25) is 4.57 Å². The van der Waals surface area contributed by atoms with Gasteiger partial charge in [0.1, 0.15) is 5.01 Å². The first-order chi connectivity index (χ1) is 14.1. The van der Waals surface area contributed by atoms with Gasteiger partial charge >= 0.3 is 0 Å². The second-order valence-corrected chi connectivity index (χ2v) is 8.75. The molecular weight excluding hydrogens is 420 g/mol. The molecule has 4 aromatic rings. The van der Waals surface area contributed by atoms with E-state index in [1.165, 1.54) is 5.56 Å². The number of benzene rings is 2. The van der Waals surface area contributed by atoms with Crippen LogP contribution in [-0.4, -0.2) is 19.7 Å². The zero-order valence-electron chi connectivity index (χ0n) is 15.9. The van der Waals surface area contributed by atoms with Crippen LogP contribution < -0.4 is 0 Å². The second-order valence-electron chi connectivity index (χ2n) is 6.52. The monoisotopic (exact) mass is 438 g/mol. The Morgan fingerprint density at radius 1 is 1.14 bits per heavy atom. The third-order valence-corrected chi connectivity index (χ3v) is 6.45. The quantitative estimate of drug-likeness (QED) is 0.243. The number of aromatic nitrogens is 4. The van der Waals surface area contributed by atoms with Crippen LogP contribution in [0.5, 0.6) is 0 Å². The fraction of sp³-hybridized carbons (Fsp3) is 0.136. The minimum atomic E-state index is 0.628. The molecule has 4 rings (SSSR count). The van der Waals surface area contributed by atoms with Gasteiger partial charge in [0.2, 0.25) is 0 Å². The van der Waals surface area contributed by atoms with Crippen molar-refractivity contribution >= 4 is 34.7 Å². The summed E-state index contributed by atoms with van der Waals surface area (Å²) in [5, 5.41) is 13.4. The van der Waals surface area contributed by atoms with Gasteiger partial charge in [-0.05, 0) is 25.1 Å². The lowest BCUT2D eigenvalue weighted by Crippen LogP contribution is -2.00. The van der Waals surface area contributed by atoms with Gasteiger partial charge in [0, 0.05) is 33.8 Å². The average molecular weight is 439 g/mol. The molecule has 29 heavy (non-hydrogen) atoms. The lowest BCUT2D eigenvalue weighted by Gasteiger charge is -2.07. The minimum Gasteiger partial charge on any atom is -0.298 e. The molecule has 146 valence electrons. The molecule has 2 aromatic heterocycles. The van der Waals surface area contributed by atoms with Gasteiger partial charge in [-0.2, -0.15) is 0 Å². The maximum atomic E-state index is 6.14. The van der Waals surface area contributed by atoms with Gasteiger partial charge in [0.15, 0.2) is 11.0 Å². The first-order valence-electron chi connectivity index (χ1n) is 9.08. The summed E-state index contributed by atoms with van der Waals surface area (Å²) in [6.07, 6.45) is 1.85. The molecule has 0 aliphatic heterocycles. The van der Waals surface area contributed by atoms with Crippen molar-refractivity contribution in [2.75, 3.05) is 0 Å². The number of hydrogen-bond acceptors (Lipinski definition) is 5. The number of nitrogens with zero attached hydrogens (tertiary/aromatic N) is 4. The summed E-state index contributed by atoms with van der Waals surface area (Å²) in [5.74, 6) is 1.52. The fourth-order valence-electron chi connectivity index (χ4n) is 2.95. The van der Waals surface area contributed by atoms with E-state index in [9.17, 15) is 0 Å². The number of rotatable bonds is 7. The summed E-state index contributed by atoms with van der Waals surface area (Å²) in [6, 6.07) is 16.1. The van der Waals surface area contributed by atoms with E-state index in [1.54, 1.807) is 23.1 Å². The molecule has 0 bridgehead atoms. The van der Waals surface area contributed by atoms with E-state index in [4.69, 9.17) is 16.6 Å². The molecule has 0 atom stereocenters. The van der Waals surface area contributed by atoms with Gasteiger partial charge in [0.25, 0.3) is 0 Å². The van der Waals surface area contributed by atoms with E-state index < -0.39 is 0 Å². The van der Waals surface area contributed by atoms with E-state index in [2.05, 4.69) is 57.9 Å². The number of aryl methyl sites for hydroxylation is 1. The molecule has 7 heteroatoms. The molecular formula is C22H19ClN4S2. The summed E-state index contributed by atoms with van der Waals surface area (Å²) in [5.41, 5.74) is 4.37. The van der Waals surface area contributed by atoms with Gasteiger partial charge < -0.3 is 0 Å². The zero-order valence-corrected chi connectivity index (χ0v) is 18.3. The highest BCUT2D eigenvalue weighted by atomic mass is 35.5.